The summed E-state index contributed by atoms with van der Waals surface area (Å²) in [6.45, 7) is 4.57. The number of thiophene rings is 1. The molecular formula is C19H23NO3S2. The molecule has 2 aromatic rings. The summed E-state index contributed by atoms with van der Waals surface area (Å²) in [7, 11) is -3.03. The highest BCUT2D eigenvalue weighted by Crippen LogP contribution is 2.23. The largest absolute Gasteiger partial charge is 0.333 e. The molecule has 6 heteroatoms. The highest BCUT2D eigenvalue weighted by Gasteiger charge is 2.34. The molecule has 3 rings (SSSR count). The molecule has 1 aromatic carbocycles. The van der Waals surface area contributed by atoms with Crippen LogP contribution in [0.15, 0.2) is 35.7 Å². The van der Waals surface area contributed by atoms with Crippen molar-refractivity contribution in [2.45, 2.75) is 39.3 Å². The maximum absolute atomic E-state index is 13.0. The Labute approximate surface area is 153 Å². The summed E-state index contributed by atoms with van der Waals surface area (Å²) in [5, 5.41) is 1.98. The highest BCUT2D eigenvalue weighted by atomic mass is 32.2. The van der Waals surface area contributed by atoms with E-state index in [9.17, 15) is 13.2 Å². The van der Waals surface area contributed by atoms with Crippen LogP contribution in [-0.4, -0.2) is 36.8 Å². The van der Waals surface area contributed by atoms with E-state index in [0.29, 0.717) is 19.4 Å². The van der Waals surface area contributed by atoms with Crippen LogP contribution in [0.4, 0.5) is 0 Å². The van der Waals surface area contributed by atoms with Gasteiger partial charge in [-0.15, -0.1) is 11.3 Å². The van der Waals surface area contributed by atoms with Crippen molar-refractivity contribution in [2.75, 3.05) is 11.5 Å². The molecule has 0 radical (unpaired) electrons. The molecule has 1 atom stereocenters. The lowest BCUT2D eigenvalue weighted by Gasteiger charge is -2.28. The van der Waals surface area contributed by atoms with Gasteiger partial charge in [-0.05, 0) is 48.4 Å². The number of benzene rings is 1. The zero-order valence-electron chi connectivity index (χ0n) is 14.6. The lowest BCUT2D eigenvalue weighted by Crippen LogP contribution is -2.41. The molecular weight excluding hydrogens is 354 g/mol. The first kappa shape index (κ1) is 18.1. The maximum atomic E-state index is 13.0. The SMILES string of the molecule is Cc1ccc(CC(=O)N(Cc2cccs2)[C@H]2CCS(=O)(=O)C2)cc1C. The minimum absolute atomic E-state index is 0.00115. The summed E-state index contributed by atoms with van der Waals surface area (Å²) < 4.78 is 23.8. The molecule has 1 fully saturated rings. The van der Waals surface area contributed by atoms with Crippen LogP contribution in [-0.2, 0) is 27.6 Å². The van der Waals surface area contributed by atoms with Gasteiger partial charge in [0.2, 0.25) is 5.91 Å². The molecule has 0 unspecified atom stereocenters. The van der Waals surface area contributed by atoms with Gasteiger partial charge in [0.15, 0.2) is 9.84 Å². The van der Waals surface area contributed by atoms with E-state index in [-0.39, 0.29) is 23.5 Å². The molecule has 1 aliphatic rings. The summed E-state index contributed by atoms with van der Waals surface area (Å²) in [5.41, 5.74) is 3.34. The second-order valence-electron chi connectivity index (χ2n) is 6.75. The lowest BCUT2D eigenvalue weighted by atomic mass is 10.0. The van der Waals surface area contributed by atoms with E-state index in [1.54, 1.807) is 16.2 Å². The van der Waals surface area contributed by atoms with Crippen molar-refractivity contribution in [2.24, 2.45) is 0 Å². The lowest BCUT2D eigenvalue weighted by molar-refractivity contribution is -0.133. The fourth-order valence-electron chi connectivity index (χ4n) is 3.20. The van der Waals surface area contributed by atoms with E-state index in [4.69, 9.17) is 0 Å². The molecule has 0 spiro atoms. The summed E-state index contributed by atoms with van der Waals surface area (Å²) >= 11 is 1.59. The number of aryl methyl sites for hydroxylation is 2. The number of hydrogen-bond donors (Lipinski definition) is 0. The van der Waals surface area contributed by atoms with Gasteiger partial charge in [0.25, 0.3) is 0 Å². The Morgan fingerprint density at radius 2 is 2.04 bits per heavy atom. The van der Waals surface area contributed by atoms with E-state index in [1.165, 1.54) is 11.1 Å². The number of carbonyl (C=O) groups excluding carboxylic acids is 1. The van der Waals surface area contributed by atoms with Gasteiger partial charge in [-0.25, -0.2) is 8.42 Å². The molecule has 2 heterocycles. The van der Waals surface area contributed by atoms with Crippen molar-refractivity contribution in [3.63, 3.8) is 0 Å². The Bertz CT molecular complexity index is 857. The molecule has 134 valence electrons. The molecule has 0 saturated carbocycles. The first-order valence-electron chi connectivity index (χ1n) is 8.42. The Hall–Kier alpha value is -1.66. The van der Waals surface area contributed by atoms with Gasteiger partial charge in [0, 0.05) is 10.9 Å². The fraction of sp³-hybridized carbons (Fsp3) is 0.421. The smallest absolute Gasteiger partial charge is 0.227 e. The zero-order valence-corrected chi connectivity index (χ0v) is 16.2. The maximum Gasteiger partial charge on any atom is 0.227 e. The van der Waals surface area contributed by atoms with Crippen LogP contribution in [0.3, 0.4) is 0 Å². The van der Waals surface area contributed by atoms with Crippen LogP contribution in [0.5, 0.6) is 0 Å². The van der Waals surface area contributed by atoms with Gasteiger partial charge in [-0.3, -0.25) is 4.79 Å². The van der Waals surface area contributed by atoms with Crippen LogP contribution < -0.4 is 0 Å². The number of nitrogens with zero attached hydrogens (tertiary/aromatic N) is 1. The standard InChI is InChI=1S/C19H23NO3S2/c1-14-5-6-16(10-15(14)2)11-19(21)20(12-18-4-3-8-24-18)17-7-9-25(22,23)13-17/h3-6,8,10,17H,7,9,11-13H2,1-2H3/t17-/m0/s1. The van der Waals surface area contributed by atoms with Crippen molar-refractivity contribution in [3.05, 3.63) is 57.3 Å². The quantitative estimate of drug-likeness (QED) is 0.804. The molecule has 1 aliphatic heterocycles. The topological polar surface area (TPSA) is 54.5 Å². The third kappa shape index (κ3) is 4.50. The molecule has 0 N–H and O–H groups in total. The number of carbonyl (C=O) groups is 1. The molecule has 1 aromatic heterocycles. The molecule has 0 bridgehead atoms. The van der Waals surface area contributed by atoms with Gasteiger partial charge in [0.1, 0.15) is 0 Å². The zero-order chi connectivity index (χ0) is 18.0. The van der Waals surface area contributed by atoms with Crippen LogP contribution in [0.2, 0.25) is 0 Å². The highest BCUT2D eigenvalue weighted by molar-refractivity contribution is 7.91. The summed E-state index contributed by atoms with van der Waals surface area (Å²) in [6, 6.07) is 9.78. The second-order valence-corrected chi connectivity index (χ2v) is 10.0. The average molecular weight is 378 g/mol. The Kier molecular flexibility index (Phi) is 5.29. The Morgan fingerprint density at radius 3 is 2.64 bits per heavy atom. The first-order chi connectivity index (χ1) is 11.8. The average Bonchev–Trinajstić information content (AvgIpc) is 3.17. The monoisotopic (exact) mass is 377 g/mol. The van der Waals surface area contributed by atoms with E-state index < -0.39 is 9.84 Å². The van der Waals surface area contributed by atoms with Gasteiger partial charge in [-0.2, -0.15) is 0 Å². The molecule has 1 amide bonds. The van der Waals surface area contributed by atoms with Crippen molar-refractivity contribution >= 4 is 27.1 Å². The number of rotatable bonds is 5. The Balaban J connectivity index is 1.80. The molecule has 0 aliphatic carbocycles. The van der Waals surface area contributed by atoms with Gasteiger partial charge >= 0.3 is 0 Å². The van der Waals surface area contributed by atoms with Crippen molar-refractivity contribution in [1.29, 1.82) is 0 Å². The number of amides is 1. The Morgan fingerprint density at radius 1 is 1.24 bits per heavy atom. The van der Waals surface area contributed by atoms with E-state index in [1.807, 2.05) is 49.6 Å². The molecule has 1 saturated heterocycles. The number of hydrogen-bond acceptors (Lipinski definition) is 4. The van der Waals surface area contributed by atoms with Crippen LogP contribution >= 0.6 is 11.3 Å². The minimum Gasteiger partial charge on any atom is -0.333 e. The van der Waals surface area contributed by atoms with E-state index in [2.05, 4.69) is 0 Å². The van der Waals surface area contributed by atoms with Crippen LogP contribution in [0.25, 0.3) is 0 Å². The first-order valence-corrected chi connectivity index (χ1v) is 11.1. The van der Waals surface area contributed by atoms with Crippen molar-refractivity contribution in [1.82, 2.24) is 4.90 Å². The molecule has 25 heavy (non-hydrogen) atoms. The summed E-state index contributed by atoms with van der Waals surface area (Å²) in [5.74, 6) is 0.255. The number of sulfone groups is 1. The predicted molar refractivity (Wildman–Crippen MR) is 102 cm³/mol. The molecule has 4 nitrogen and oxygen atoms in total. The van der Waals surface area contributed by atoms with E-state index >= 15 is 0 Å². The van der Waals surface area contributed by atoms with Crippen LogP contribution in [0.1, 0.15) is 28.0 Å². The van der Waals surface area contributed by atoms with Gasteiger partial charge < -0.3 is 4.90 Å². The van der Waals surface area contributed by atoms with E-state index in [0.717, 1.165) is 10.4 Å². The third-order valence-corrected chi connectivity index (χ3v) is 7.41. The normalized spacial score (nSPS) is 19.0. The van der Waals surface area contributed by atoms with Gasteiger partial charge in [-0.1, -0.05) is 24.3 Å². The summed E-state index contributed by atoms with van der Waals surface area (Å²) in [6.07, 6.45) is 0.843. The second kappa shape index (κ2) is 7.30. The fourth-order valence-corrected chi connectivity index (χ4v) is 5.64. The van der Waals surface area contributed by atoms with Crippen molar-refractivity contribution in [3.8, 4) is 0 Å². The third-order valence-electron chi connectivity index (χ3n) is 4.80. The van der Waals surface area contributed by atoms with Gasteiger partial charge in [0.05, 0.1) is 24.5 Å². The van der Waals surface area contributed by atoms with Crippen molar-refractivity contribution < 1.29 is 13.2 Å². The predicted octanol–water partition coefficient (Wildman–Crippen LogP) is 3.12. The van der Waals surface area contributed by atoms with Crippen LogP contribution in [0, 0.1) is 13.8 Å². The summed E-state index contributed by atoms with van der Waals surface area (Å²) in [4.78, 5) is 15.8. The minimum atomic E-state index is -3.03.